The summed E-state index contributed by atoms with van der Waals surface area (Å²) in [6.07, 6.45) is 1.01. The van der Waals surface area contributed by atoms with Crippen LogP contribution in [0.3, 0.4) is 0 Å². The molecular formula is C14H23NO. The maximum absolute atomic E-state index is 5.54. The van der Waals surface area contributed by atoms with Gasteiger partial charge in [0.2, 0.25) is 0 Å². The van der Waals surface area contributed by atoms with Gasteiger partial charge in [0, 0.05) is 19.8 Å². The van der Waals surface area contributed by atoms with Crippen molar-refractivity contribution in [2.24, 2.45) is 0 Å². The van der Waals surface area contributed by atoms with Crippen molar-refractivity contribution < 1.29 is 4.74 Å². The Morgan fingerprint density at radius 2 is 1.56 bits per heavy atom. The highest BCUT2D eigenvalue weighted by molar-refractivity contribution is 5.68. The van der Waals surface area contributed by atoms with Crippen LogP contribution >= 0.6 is 0 Å². The smallest absolute Gasteiger partial charge is 0.125 e. The molecule has 90 valence electrons. The van der Waals surface area contributed by atoms with Crippen LogP contribution in [-0.2, 0) is 6.42 Å². The molecular weight excluding hydrogens is 198 g/mol. The van der Waals surface area contributed by atoms with E-state index in [1.165, 1.54) is 27.9 Å². The molecule has 0 heterocycles. The Morgan fingerprint density at radius 1 is 1.00 bits per heavy atom. The van der Waals surface area contributed by atoms with Gasteiger partial charge in [-0.05, 0) is 49.4 Å². The van der Waals surface area contributed by atoms with Gasteiger partial charge in [-0.1, -0.05) is 6.92 Å². The topological polar surface area (TPSA) is 12.5 Å². The van der Waals surface area contributed by atoms with E-state index >= 15 is 0 Å². The van der Waals surface area contributed by atoms with Crippen molar-refractivity contribution in [1.29, 1.82) is 0 Å². The molecule has 0 aliphatic carbocycles. The van der Waals surface area contributed by atoms with Gasteiger partial charge in [0.25, 0.3) is 0 Å². The van der Waals surface area contributed by atoms with Crippen molar-refractivity contribution in [1.82, 2.24) is 0 Å². The molecule has 0 amide bonds. The lowest BCUT2D eigenvalue weighted by atomic mass is 9.94. The number of nitrogens with zero attached hydrogens (tertiary/aromatic N) is 1. The quantitative estimate of drug-likeness (QED) is 0.777. The first-order valence-corrected chi connectivity index (χ1v) is 5.79. The second-order valence-electron chi connectivity index (χ2n) is 4.48. The van der Waals surface area contributed by atoms with E-state index in [-0.39, 0.29) is 0 Å². The van der Waals surface area contributed by atoms with Gasteiger partial charge in [-0.2, -0.15) is 0 Å². The zero-order valence-corrected chi connectivity index (χ0v) is 11.6. The van der Waals surface area contributed by atoms with Crippen LogP contribution in [0.5, 0.6) is 5.75 Å². The molecule has 0 N–H and O–H groups in total. The zero-order valence-electron chi connectivity index (χ0n) is 11.6. The first-order valence-electron chi connectivity index (χ1n) is 5.79. The second-order valence-corrected chi connectivity index (χ2v) is 4.48. The fourth-order valence-corrected chi connectivity index (χ4v) is 2.54. The summed E-state index contributed by atoms with van der Waals surface area (Å²) in [5.41, 5.74) is 6.57. The van der Waals surface area contributed by atoms with Gasteiger partial charge in [0.1, 0.15) is 5.75 Å². The summed E-state index contributed by atoms with van der Waals surface area (Å²) in [7, 11) is 5.96. The third-order valence-electron chi connectivity index (χ3n) is 3.35. The fourth-order valence-electron chi connectivity index (χ4n) is 2.54. The average Bonchev–Trinajstić information content (AvgIpc) is 2.22. The number of hydrogen-bond acceptors (Lipinski definition) is 2. The van der Waals surface area contributed by atoms with Crippen LogP contribution in [0.15, 0.2) is 0 Å². The third kappa shape index (κ3) is 1.89. The minimum absolute atomic E-state index is 1.01. The predicted octanol–water partition coefficient (Wildman–Crippen LogP) is 3.25. The van der Waals surface area contributed by atoms with Crippen molar-refractivity contribution in [3.05, 3.63) is 22.3 Å². The van der Waals surface area contributed by atoms with Gasteiger partial charge in [0.05, 0.1) is 7.11 Å². The molecule has 2 nitrogen and oxygen atoms in total. The largest absolute Gasteiger partial charge is 0.496 e. The minimum atomic E-state index is 1.01. The first kappa shape index (κ1) is 12.9. The van der Waals surface area contributed by atoms with Crippen molar-refractivity contribution in [3.63, 3.8) is 0 Å². The lowest BCUT2D eigenvalue weighted by Crippen LogP contribution is -2.15. The number of hydrogen-bond donors (Lipinski definition) is 0. The highest BCUT2D eigenvalue weighted by atomic mass is 16.5. The monoisotopic (exact) mass is 221 g/mol. The Bertz CT molecular complexity index is 394. The molecule has 1 aromatic rings. The predicted molar refractivity (Wildman–Crippen MR) is 70.9 cm³/mol. The number of ether oxygens (including phenoxy) is 1. The Kier molecular flexibility index (Phi) is 3.84. The summed E-state index contributed by atoms with van der Waals surface area (Å²) in [4.78, 5) is 2.19. The van der Waals surface area contributed by atoms with E-state index < -0.39 is 0 Å². The molecule has 0 bridgehead atoms. The summed E-state index contributed by atoms with van der Waals surface area (Å²) < 4.78 is 5.54. The lowest BCUT2D eigenvalue weighted by molar-refractivity contribution is 0.406. The third-order valence-corrected chi connectivity index (χ3v) is 3.35. The zero-order chi connectivity index (χ0) is 12.5. The normalized spacial score (nSPS) is 10.4. The summed E-state index contributed by atoms with van der Waals surface area (Å²) in [5, 5.41) is 0. The Balaban J connectivity index is 3.62. The molecule has 0 aromatic heterocycles. The van der Waals surface area contributed by atoms with Gasteiger partial charge in [-0.15, -0.1) is 0 Å². The standard InChI is InChI=1S/C14H23NO/c1-8-12-11(4)13(15(5)6)9(2)10(3)14(12)16-7/h8H2,1-7H3. The molecule has 0 aliphatic rings. The Hall–Kier alpha value is -1.18. The van der Waals surface area contributed by atoms with E-state index in [1.54, 1.807) is 7.11 Å². The molecule has 0 atom stereocenters. The minimum Gasteiger partial charge on any atom is -0.496 e. The van der Waals surface area contributed by atoms with Gasteiger partial charge >= 0.3 is 0 Å². The molecule has 0 unspecified atom stereocenters. The molecule has 0 aliphatic heterocycles. The Labute approximate surface area is 99.2 Å². The number of rotatable bonds is 3. The molecule has 0 saturated heterocycles. The van der Waals surface area contributed by atoms with E-state index in [0.717, 1.165) is 12.2 Å². The molecule has 16 heavy (non-hydrogen) atoms. The molecule has 0 spiro atoms. The van der Waals surface area contributed by atoms with Crippen molar-refractivity contribution in [3.8, 4) is 5.75 Å². The van der Waals surface area contributed by atoms with Crippen LogP contribution in [-0.4, -0.2) is 21.2 Å². The summed E-state index contributed by atoms with van der Waals surface area (Å²) in [5.74, 6) is 1.06. The van der Waals surface area contributed by atoms with Crippen molar-refractivity contribution in [2.75, 3.05) is 26.1 Å². The molecule has 0 fully saturated rings. The molecule has 0 saturated carbocycles. The van der Waals surface area contributed by atoms with Crippen LogP contribution in [0.4, 0.5) is 5.69 Å². The maximum atomic E-state index is 5.54. The summed E-state index contributed by atoms with van der Waals surface area (Å²) >= 11 is 0. The maximum Gasteiger partial charge on any atom is 0.125 e. The second kappa shape index (κ2) is 4.77. The lowest BCUT2D eigenvalue weighted by Gasteiger charge is -2.25. The molecule has 1 rings (SSSR count). The van der Waals surface area contributed by atoms with Crippen molar-refractivity contribution >= 4 is 5.69 Å². The van der Waals surface area contributed by atoms with E-state index in [1.807, 2.05) is 0 Å². The van der Waals surface area contributed by atoms with Crippen LogP contribution < -0.4 is 9.64 Å². The van der Waals surface area contributed by atoms with Crippen molar-refractivity contribution in [2.45, 2.75) is 34.1 Å². The van der Waals surface area contributed by atoms with Crippen LogP contribution in [0.25, 0.3) is 0 Å². The van der Waals surface area contributed by atoms with Crippen LogP contribution in [0.2, 0.25) is 0 Å². The SMILES string of the molecule is CCc1c(C)c(N(C)C)c(C)c(C)c1OC. The van der Waals surface area contributed by atoms with Gasteiger partial charge in [-0.3, -0.25) is 0 Å². The van der Waals surface area contributed by atoms with E-state index in [0.29, 0.717) is 0 Å². The number of methoxy groups -OCH3 is 1. The average molecular weight is 221 g/mol. The highest BCUT2D eigenvalue weighted by Crippen LogP contribution is 2.37. The van der Waals surface area contributed by atoms with Gasteiger partial charge in [0.15, 0.2) is 0 Å². The summed E-state index contributed by atoms with van der Waals surface area (Å²) in [6.45, 7) is 8.67. The number of anilines is 1. The first-order chi connectivity index (χ1) is 7.45. The van der Waals surface area contributed by atoms with E-state index in [4.69, 9.17) is 4.74 Å². The van der Waals surface area contributed by atoms with Gasteiger partial charge in [-0.25, -0.2) is 0 Å². The fraction of sp³-hybridized carbons (Fsp3) is 0.571. The van der Waals surface area contributed by atoms with Crippen LogP contribution in [0, 0.1) is 20.8 Å². The van der Waals surface area contributed by atoms with Gasteiger partial charge < -0.3 is 9.64 Å². The molecule has 2 heteroatoms. The van der Waals surface area contributed by atoms with E-state index in [2.05, 4.69) is 46.7 Å². The summed E-state index contributed by atoms with van der Waals surface area (Å²) in [6, 6.07) is 0. The van der Waals surface area contributed by atoms with E-state index in [9.17, 15) is 0 Å². The highest BCUT2D eigenvalue weighted by Gasteiger charge is 2.17. The van der Waals surface area contributed by atoms with Crippen LogP contribution in [0.1, 0.15) is 29.2 Å². The molecule has 0 radical (unpaired) electrons. The Morgan fingerprint density at radius 3 is 1.94 bits per heavy atom. The number of benzene rings is 1. The molecule has 1 aromatic carbocycles.